The highest BCUT2D eigenvalue weighted by Gasteiger charge is 2.38. The van der Waals surface area contributed by atoms with Crippen LogP contribution < -0.4 is 10.0 Å². The van der Waals surface area contributed by atoms with Gasteiger partial charge in [0.25, 0.3) is 0 Å². The summed E-state index contributed by atoms with van der Waals surface area (Å²) in [5.41, 5.74) is 0. The number of nitrogens with zero attached hydrogens (tertiary/aromatic N) is 2. The van der Waals surface area contributed by atoms with E-state index in [0.717, 1.165) is 19.4 Å². The molecule has 0 amide bonds. The second kappa shape index (κ2) is 6.24. The van der Waals surface area contributed by atoms with Crippen molar-refractivity contribution in [2.24, 2.45) is 5.92 Å². The van der Waals surface area contributed by atoms with Gasteiger partial charge in [0.15, 0.2) is 0 Å². The van der Waals surface area contributed by atoms with E-state index in [-0.39, 0.29) is 10.9 Å². The zero-order valence-electron chi connectivity index (χ0n) is 12.3. The Hall–Kier alpha value is -0.920. The van der Waals surface area contributed by atoms with Crippen LogP contribution in [0.4, 0.5) is 0 Å². The highest BCUT2D eigenvalue weighted by molar-refractivity contribution is 7.89. The average molecular weight is 300 g/mol. The first-order valence-corrected chi connectivity index (χ1v) is 8.69. The van der Waals surface area contributed by atoms with E-state index in [1.54, 1.807) is 10.9 Å². The van der Waals surface area contributed by atoms with Crippen LogP contribution in [0, 0.1) is 5.92 Å². The lowest BCUT2D eigenvalue weighted by atomic mass is 10.3. The van der Waals surface area contributed by atoms with Gasteiger partial charge in [0.05, 0.1) is 12.7 Å². The van der Waals surface area contributed by atoms with Crippen molar-refractivity contribution in [3.8, 4) is 0 Å². The van der Waals surface area contributed by atoms with Gasteiger partial charge in [0.2, 0.25) is 10.0 Å². The second-order valence-electron chi connectivity index (χ2n) is 5.68. The first-order valence-electron chi connectivity index (χ1n) is 7.20. The van der Waals surface area contributed by atoms with Crippen molar-refractivity contribution in [1.82, 2.24) is 19.8 Å². The number of hydrogen-bond acceptors (Lipinski definition) is 4. The Morgan fingerprint density at radius 3 is 2.85 bits per heavy atom. The summed E-state index contributed by atoms with van der Waals surface area (Å²) in [6, 6.07) is 0.521. The molecule has 0 spiro atoms. The third-order valence-corrected chi connectivity index (χ3v) is 5.01. The first-order chi connectivity index (χ1) is 9.42. The van der Waals surface area contributed by atoms with Crippen LogP contribution in [0.1, 0.15) is 33.6 Å². The smallest absolute Gasteiger partial charge is 0.243 e. The van der Waals surface area contributed by atoms with Crippen LogP contribution in [-0.4, -0.2) is 36.8 Å². The molecule has 0 bridgehead atoms. The predicted octanol–water partition coefficient (Wildman–Crippen LogP) is 0.958. The molecular formula is C13H24N4O2S. The zero-order chi connectivity index (χ0) is 14.8. The molecule has 114 valence electrons. The molecule has 0 aliphatic heterocycles. The van der Waals surface area contributed by atoms with Crippen LogP contribution in [0.2, 0.25) is 0 Å². The van der Waals surface area contributed by atoms with Crippen molar-refractivity contribution < 1.29 is 8.42 Å². The quantitative estimate of drug-likeness (QED) is 0.750. The molecule has 1 saturated carbocycles. The fraction of sp³-hybridized carbons (Fsp3) is 0.769. The highest BCUT2D eigenvalue weighted by Crippen LogP contribution is 2.34. The van der Waals surface area contributed by atoms with Crippen LogP contribution in [0.15, 0.2) is 17.3 Å². The van der Waals surface area contributed by atoms with Gasteiger partial charge in [-0.1, -0.05) is 27.2 Å². The molecule has 1 aliphatic carbocycles. The molecular weight excluding hydrogens is 276 g/mol. The Morgan fingerprint density at radius 2 is 2.25 bits per heavy atom. The largest absolute Gasteiger partial charge is 0.313 e. The van der Waals surface area contributed by atoms with Crippen LogP contribution in [-0.2, 0) is 16.6 Å². The molecule has 1 aliphatic rings. The zero-order valence-corrected chi connectivity index (χ0v) is 13.2. The van der Waals surface area contributed by atoms with Gasteiger partial charge < -0.3 is 5.32 Å². The standard InChI is InChI=1S/C13H24N4O2S/c1-4-11-7-13(11)16-20(18,19)12-8-15-17(9-12)6-5-14-10(2)3/h8-11,13-14,16H,4-7H2,1-3H3. The van der Waals surface area contributed by atoms with E-state index in [1.807, 2.05) is 0 Å². The second-order valence-corrected chi connectivity index (χ2v) is 7.39. The maximum absolute atomic E-state index is 12.2. The molecule has 2 atom stereocenters. The number of hydrogen-bond donors (Lipinski definition) is 2. The van der Waals surface area contributed by atoms with E-state index in [0.29, 0.717) is 18.5 Å². The summed E-state index contributed by atoms with van der Waals surface area (Å²) in [6.07, 6.45) is 4.98. The van der Waals surface area contributed by atoms with Crippen molar-refractivity contribution in [3.05, 3.63) is 12.4 Å². The molecule has 2 unspecified atom stereocenters. The van der Waals surface area contributed by atoms with Crippen LogP contribution in [0.3, 0.4) is 0 Å². The monoisotopic (exact) mass is 300 g/mol. The Labute approximate surface area is 121 Å². The molecule has 6 nitrogen and oxygen atoms in total. The summed E-state index contributed by atoms with van der Waals surface area (Å²) in [6.45, 7) is 7.66. The lowest BCUT2D eigenvalue weighted by Gasteiger charge is -2.07. The lowest BCUT2D eigenvalue weighted by molar-refractivity contribution is 0.514. The Bertz CT molecular complexity index is 538. The minimum Gasteiger partial charge on any atom is -0.313 e. The molecule has 2 rings (SSSR count). The molecule has 0 saturated heterocycles. The van der Waals surface area contributed by atoms with E-state index < -0.39 is 10.0 Å². The minimum absolute atomic E-state index is 0.107. The Kier molecular flexibility index (Phi) is 4.82. The third-order valence-electron chi connectivity index (χ3n) is 3.57. The van der Waals surface area contributed by atoms with Gasteiger partial charge in [-0.2, -0.15) is 5.10 Å². The molecule has 1 aromatic heterocycles. The van der Waals surface area contributed by atoms with Crippen molar-refractivity contribution in [3.63, 3.8) is 0 Å². The number of sulfonamides is 1. The summed E-state index contributed by atoms with van der Waals surface area (Å²) in [5, 5.41) is 7.38. The summed E-state index contributed by atoms with van der Waals surface area (Å²) >= 11 is 0. The molecule has 1 heterocycles. The van der Waals surface area contributed by atoms with Crippen molar-refractivity contribution in [2.75, 3.05) is 6.54 Å². The van der Waals surface area contributed by atoms with Crippen molar-refractivity contribution in [1.29, 1.82) is 0 Å². The van der Waals surface area contributed by atoms with Gasteiger partial charge in [-0.05, 0) is 12.3 Å². The van der Waals surface area contributed by atoms with E-state index >= 15 is 0 Å². The Morgan fingerprint density at radius 1 is 1.50 bits per heavy atom. The highest BCUT2D eigenvalue weighted by atomic mass is 32.2. The van der Waals surface area contributed by atoms with E-state index in [1.165, 1.54) is 6.20 Å². The van der Waals surface area contributed by atoms with Gasteiger partial charge in [-0.3, -0.25) is 4.68 Å². The number of rotatable bonds is 8. The van der Waals surface area contributed by atoms with E-state index in [9.17, 15) is 8.42 Å². The maximum atomic E-state index is 12.2. The van der Waals surface area contributed by atoms with Gasteiger partial charge in [0, 0.05) is 24.8 Å². The molecule has 0 radical (unpaired) electrons. The summed E-state index contributed by atoms with van der Waals surface area (Å²) in [7, 11) is -3.41. The van der Waals surface area contributed by atoms with Crippen LogP contribution in [0.25, 0.3) is 0 Å². The van der Waals surface area contributed by atoms with Crippen LogP contribution >= 0.6 is 0 Å². The molecule has 7 heteroatoms. The van der Waals surface area contributed by atoms with E-state index in [4.69, 9.17) is 0 Å². The first kappa shape index (κ1) is 15.5. The summed E-state index contributed by atoms with van der Waals surface area (Å²) in [5.74, 6) is 0.495. The van der Waals surface area contributed by atoms with Gasteiger partial charge in [0.1, 0.15) is 4.90 Å². The predicted molar refractivity (Wildman–Crippen MR) is 77.9 cm³/mol. The van der Waals surface area contributed by atoms with Gasteiger partial charge >= 0.3 is 0 Å². The van der Waals surface area contributed by atoms with Gasteiger partial charge in [-0.25, -0.2) is 13.1 Å². The fourth-order valence-corrected chi connectivity index (χ4v) is 3.45. The van der Waals surface area contributed by atoms with Crippen LogP contribution in [0.5, 0.6) is 0 Å². The van der Waals surface area contributed by atoms with Gasteiger partial charge in [-0.15, -0.1) is 0 Å². The summed E-state index contributed by atoms with van der Waals surface area (Å²) in [4.78, 5) is 0.254. The molecule has 1 fully saturated rings. The molecule has 1 aromatic rings. The lowest BCUT2D eigenvalue weighted by Crippen LogP contribution is -2.27. The van der Waals surface area contributed by atoms with E-state index in [2.05, 4.69) is 35.9 Å². The number of aromatic nitrogens is 2. The van der Waals surface area contributed by atoms with Crippen molar-refractivity contribution in [2.45, 2.75) is 57.1 Å². The SMILES string of the molecule is CCC1CC1NS(=O)(=O)c1cnn(CCNC(C)C)c1. The molecule has 0 aromatic carbocycles. The Balaban J connectivity index is 1.90. The summed E-state index contributed by atoms with van der Waals surface area (Å²) < 4.78 is 28.7. The molecule has 2 N–H and O–H groups in total. The van der Waals surface area contributed by atoms with Crippen molar-refractivity contribution >= 4 is 10.0 Å². The minimum atomic E-state index is -3.41. The fourth-order valence-electron chi connectivity index (χ4n) is 2.18. The number of nitrogens with one attached hydrogen (secondary N) is 2. The average Bonchev–Trinajstić information content (AvgIpc) is 2.91. The maximum Gasteiger partial charge on any atom is 0.243 e. The normalized spacial score (nSPS) is 22.4. The third kappa shape index (κ3) is 4.04. The molecule has 20 heavy (non-hydrogen) atoms. The topological polar surface area (TPSA) is 76.0 Å².